The number of rotatable bonds is 7. The first-order valence-electron chi connectivity index (χ1n) is 9.35. The van der Waals surface area contributed by atoms with Crippen LogP contribution in [0.5, 0.6) is 11.6 Å². The Balaban J connectivity index is 1.65. The van der Waals surface area contributed by atoms with E-state index in [0.29, 0.717) is 16.9 Å². The van der Waals surface area contributed by atoms with Gasteiger partial charge in [0.15, 0.2) is 0 Å². The molecule has 0 aliphatic carbocycles. The van der Waals surface area contributed by atoms with E-state index in [2.05, 4.69) is 10.3 Å². The molecule has 3 N–H and O–H groups in total. The van der Waals surface area contributed by atoms with Gasteiger partial charge in [-0.05, 0) is 36.2 Å². The molecule has 0 fully saturated rings. The molecule has 0 saturated heterocycles. The number of carboxylic acids is 1. The van der Waals surface area contributed by atoms with E-state index in [-0.39, 0.29) is 37.0 Å². The third-order valence-corrected chi connectivity index (χ3v) is 4.56. The van der Waals surface area contributed by atoms with Crippen molar-refractivity contribution in [2.45, 2.75) is 19.9 Å². The van der Waals surface area contributed by atoms with E-state index in [9.17, 15) is 23.9 Å². The van der Waals surface area contributed by atoms with Gasteiger partial charge in [-0.25, -0.2) is 9.37 Å². The number of carboxylic acid groups (broad SMARTS) is 1. The summed E-state index contributed by atoms with van der Waals surface area (Å²) in [5.41, 5.74) is 0.631. The number of benzene rings is 1. The fraction of sp³-hybridized carbons (Fsp3) is 0.238. The van der Waals surface area contributed by atoms with E-state index in [1.807, 2.05) is 0 Å². The summed E-state index contributed by atoms with van der Waals surface area (Å²) in [7, 11) is 0. The summed E-state index contributed by atoms with van der Waals surface area (Å²) in [6.07, 6.45) is 1.57. The molecule has 10 heteroatoms. The average molecular weight is 429 g/mol. The van der Waals surface area contributed by atoms with Crippen LogP contribution in [0.15, 0.2) is 47.9 Å². The zero-order valence-electron chi connectivity index (χ0n) is 16.6. The highest BCUT2D eigenvalue weighted by Crippen LogP contribution is 2.23. The van der Waals surface area contributed by atoms with Crippen molar-refractivity contribution in [3.8, 4) is 11.6 Å². The standard InChI is InChI=1S/C21H20FN3O6/c1-12-8-14(3-4-15(12)22)31-17-5-2-13(9-23-17)11-25-7-6-16(26)19(21(25)30)20(29)24-10-18(27)28/h2-5,8-9,26H,6-7,10-11H2,1H3,(H,24,29)(H,27,28). The molecule has 31 heavy (non-hydrogen) atoms. The third kappa shape index (κ3) is 5.35. The van der Waals surface area contributed by atoms with Crippen LogP contribution in [0, 0.1) is 12.7 Å². The highest BCUT2D eigenvalue weighted by molar-refractivity contribution is 6.19. The molecule has 1 aliphatic rings. The van der Waals surface area contributed by atoms with Crippen LogP contribution >= 0.6 is 0 Å². The van der Waals surface area contributed by atoms with Crippen molar-refractivity contribution in [2.24, 2.45) is 0 Å². The molecule has 0 spiro atoms. The molecule has 162 valence electrons. The quantitative estimate of drug-likeness (QED) is 0.575. The number of carbonyl (C=O) groups is 3. The van der Waals surface area contributed by atoms with Crippen molar-refractivity contribution in [3.05, 3.63) is 64.8 Å². The van der Waals surface area contributed by atoms with Crippen molar-refractivity contribution < 1.29 is 33.7 Å². The highest BCUT2D eigenvalue weighted by Gasteiger charge is 2.32. The van der Waals surface area contributed by atoms with Crippen LogP contribution in [0.1, 0.15) is 17.5 Å². The summed E-state index contributed by atoms with van der Waals surface area (Å²) in [6, 6.07) is 7.62. The largest absolute Gasteiger partial charge is 0.511 e. The SMILES string of the molecule is Cc1cc(Oc2ccc(CN3CCC(O)=C(C(=O)NCC(=O)O)C3=O)cn2)ccc1F. The van der Waals surface area contributed by atoms with Crippen molar-refractivity contribution in [3.63, 3.8) is 0 Å². The van der Waals surface area contributed by atoms with Crippen molar-refractivity contribution >= 4 is 17.8 Å². The second kappa shape index (κ2) is 9.24. The summed E-state index contributed by atoms with van der Waals surface area (Å²) in [4.78, 5) is 40.8. The van der Waals surface area contributed by atoms with E-state index in [4.69, 9.17) is 9.84 Å². The number of hydrogen-bond donors (Lipinski definition) is 3. The van der Waals surface area contributed by atoms with Gasteiger partial charge in [0.2, 0.25) is 5.88 Å². The third-order valence-electron chi connectivity index (χ3n) is 4.56. The van der Waals surface area contributed by atoms with Crippen LogP contribution in [0.2, 0.25) is 0 Å². The van der Waals surface area contributed by atoms with Gasteiger partial charge in [-0.3, -0.25) is 14.4 Å². The number of aliphatic carboxylic acids is 1. The fourth-order valence-electron chi connectivity index (χ4n) is 2.96. The van der Waals surface area contributed by atoms with Crippen LogP contribution in [-0.2, 0) is 20.9 Å². The number of ether oxygens (including phenoxy) is 1. The molecule has 2 aromatic rings. The number of amides is 2. The number of pyridine rings is 1. The summed E-state index contributed by atoms with van der Waals surface area (Å²) in [5.74, 6) is -2.90. The van der Waals surface area contributed by atoms with Gasteiger partial charge in [0.05, 0.1) is 0 Å². The average Bonchev–Trinajstić information content (AvgIpc) is 2.73. The second-order valence-corrected chi connectivity index (χ2v) is 6.89. The van der Waals surface area contributed by atoms with Crippen LogP contribution < -0.4 is 10.1 Å². The topological polar surface area (TPSA) is 129 Å². The first kappa shape index (κ1) is 21.8. The number of halogens is 1. The molecular weight excluding hydrogens is 409 g/mol. The van der Waals surface area contributed by atoms with Gasteiger partial charge in [-0.1, -0.05) is 6.07 Å². The van der Waals surface area contributed by atoms with Crippen LogP contribution in [0.25, 0.3) is 0 Å². The van der Waals surface area contributed by atoms with E-state index in [1.54, 1.807) is 25.1 Å². The molecule has 1 aromatic heterocycles. The summed E-state index contributed by atoms with van der Waals surface area (Å²) in [6.45, 7) is 1.27. The number of aromatic nitrogens is 1. The van der Waals surface area contributed by atoms with E-state index >= 15 is 0 Å². The smallest absolute Gasteiger partial charge is 0.322 e. The predicted octanol–water partition coefficient (Wildman–Crippen LogP) is 2.07. The van der Waals surface area contributed by atoms with E-state index in [1.165, 1.54) is 23.2 Å². The van der Waals surface area contributed by atoms with Crippen molar-refractivity contribution in [2.75, 3.05) is 13.1 Å². The molecule has 0 unspecified atom stereocenters. The first-order chi connectivity index (χ1) is 14.7. The van der Waals surface area contributed by atoms with Crippen molar-refractivity contribution in [1.29, 1.82) is 0 Å². The summed E-state index contributed by atoms with van der Waals surface area (Å²) in [5, 5.41) is 20.7. The summed E-state index contributed by atoms with van der Waals surface area (Å²) < 4.78 is 18.9. The number of aryl methyl sites for hydroxylation is 1. The van der Waals surface area contributed by atoms with Crippen molar-refractivity contribution in [1.82, 2.24) is 15.2 Å². The molecule has 0 bridgehead atoms. The number of hydrogen-bond acceptors (Lipinski definition) is 6. The number of carbonyl (C=O) groups excluding carboxylic acids is 2. The van der Waals surface area contributed by atoms with Crippen LogP contribution in [0.3, 0.4) is 0 Å². The summed E-state index contributed by atoms with van der Waals surface area (Å²) >= 11 is 0. The Morgan fingerprint density at radius 2 is 2.06 bits per heavy atom. The number of nitrogens with one attached hydrogen (secondary N) is 1. The van der Waals surface area contributed by atoms with E-state index < -0.39 is 29.9 Å². The zero-order chi connectivity index (χ0) is 22.5. The maximum absolute atomic E-state index is 13.4. The normalized spacial score (nSPS) is 13.9. The maximum Gasteiger partial charge on any atom is 0.322 e. The van der Waals surface area contributed by atoms with Gasteiger partial charge in [0, 0.05) is 31.8 Å². The molecule has 1 aliphatic heterocycles. The van der Waals surface area contributed by atoms with Gasteiger partial charge in [0.1, 0.15) is 29.4 Å². The Kier molecular flexibility index (Phi) is 6.49. The van der Waals surface area contributed by atoms with Crippen LogP contribution in [0.4, 0.5) is 4.39 Å². The molecule has 2 heterocycles. The molecular formula is C21H20FN3O6. The Morgan fingerprint density at radius 3 is 2.71 bits per heavy atom. The minimum Gasteiger partial charge on any atom is -0.511 e. The first-order valence-corrected chi connectivity index (χ1v) is 9.35. The Hall–Kier alpha value is -3.95. The second-order valence-electron chi connectivity index (χ2n) is 6.89. The monoisotopic (exact) mass is 429 g/mol. The number of aliphatic hydroxyl groups excluding tert-OH is 1. The van der Waals surface area contributed by atoms with E-state index in [0.717, 1.165) is 0 Å². The van der Waals surface area contributed by atoms with Gasteiger partial charge in [-0.2, -0.15) is 0 Å². The van der Waals surface area contributed by atoms with Gasteiger partial charge < -0.3 is 25.2 Å². The number of nitrogens with zero attached hydrogens (tertiary/aromatic N) is 2. The van der Waals surface area contributed by atoms with Gasteiger partial charge >= 0.3 is 5.97 Å². The molecule has 2 amide bonds. The highest BCUT2D eigenvalue weighted by atomic mass is 19.1. The lowest BCUT2D eigenvalue weighted by atomic mass is 10.1. The predicted molar refractivity (Wildman–Crippen MR) is 106 cm³/mol. The Labute approximate surface area is 176 Å². The maximum atomic E-state index is 13.4. The fourth-order valence-corrected chi connectivity index (χ4v) is 2.96. The Bertz CT molecular complexity index is 1050. The molecule has 9 nitrogen and oxygen atoms in total. The van der Waals surface area contributed by atoms with Crippen LogP contribution in [-0.4, -0.2) is 51.0 Å². The molecule has 1 aromatic carbocycles. The van der Waals surface area contributed by atoms with Gasteiger partial charge in [0.25, 0.3) is 11.8 Å². The number of aliphatic hydroxyl groups is 1. The molecule has 3 rings (SSSR count). The minimum absolute atomic E-state index is 0.0695. The lowest BCUT2D eigenvalue weighted by Gasteiger charge is -2.28. The van der Waals surface area contributed by atoms with Gasteiger partial charge in [-0.15, -0.1) is 0 Å². The lowest BCUT2D eigenvalue weighted by Crippen LogP contribution is -2.43. The Morgan fingerprint density at radius 1 is 1.29 bits per heavy atom. The zero-order valence-corrected chi connectivity index (χ0v) is 16.6. The lowest BCUT2D eigenvalue weighted by molar-refractivity contribution is -0.138. The molecule has 0 atom stereocenters. The molecule has 0 radical (unpaired) electrons. The molecule has 0 saturated carbocycles. The minimum atomic E-state index is -1.27.